The molecule has 0 saturated carbocycles. The fourth-order valence-electron chi connectivity index (χ4n) is 1.25. The third kappa shape index (κ3) is 3.00. The molecule has 0 amide bonds. The Morgan fingerprint density at radius 3 is 2.79 bits per heavy atom. The van der Waals surface area contributed by atoms with E-state index in [0.29, 0.717) is 0 Å². The van der Waals surface area contributed by atoms with Crippen LogP contribution in [0.3, 0.4) is 0 Å². The van der Waals surface area contributed by atoms with E-state index in [0.717, 1.165) is 29.0 Å². The van der Waals surface area contributed by atoms with E-state index < -0.39 is 0 Å². The van der Waals surface area contributed by atoms with E-state index >= 15 is 0 Å². The first-order valence-electron chi connectivity index (χ1n) is 4.54. The largest absolute Gasteiger partial charge is 0.310 e. The van der Waals surface area contributed by atoms with Gasteiger partial charge in [0.1, 0.15) is 0 Å². The molecule has 1 N–H and O–H groups in total. The van der Waals surface area contributed by atoms with Crippen LogP contribution >= 0.6 is 27.7 Å². The number of nitrogens with zero attached hydrogens (tertiary/aromatic N) is 2. The van der Waals surface area contributed by atoms with Gasteiger partial charge in [-0.1, -0.05) is 0 Å². The van der Waals surface area contributed by atoms with Crippen LogP contribution in [0.25, 0.3) is 0 Å². The number of rotatable bonds is 5. The van der Waals surface area contributed by atoms with Gasteiger partial charge in [0, 0.05) is 25.9 Å². The van der Waals surface area contributed by atoms with Gasteiger partial charge in [0.2, 0.25) is 0 Å². The highest BCUT2D eigenvalue weighted by Crippen LogP contribution is 2.19. The highest BCUT2D eigenvalue weighted by Gasteiger charge is 2.09. The van der Waals surface area contributed by atoms with Crippen molar-refractivity contribution >= 4 is 27.7 Å². The zero-order valence-electron chi connectivity index (χ0n) is 8.80. The summed E-state index contributed by atoms with van der Waals surface area (Å²) in [7, 11) is 1.98. The van der Waals surface area contributed by atoms with Crippen LogP contribution in [0.1, 0.15) is 11.4 Å². The highest BCUT2D eigenvalue weighted by molar-refractivity contribution is 9.10. The summed E-state index contributed by atoms with van der Waals surface area (Å²) in [4.78, 5) is 0. The van der Waals surface area contributed by atoms with Gasteiger partial charge in [0.15, 0.2) is 0 Å². The van der Waals surface area contributed by atoms with E-state index in [-0.39, 0.29) is 0 Å². The molecule has 0 unspecified atom stereocenters. The summed E-state index contributed by atoms with van der Waals surface area (Å²) in [6.45, 7) is 3.92. The van der Waals surface area contributed by atoms with E-state index in [1.165, 1.54) is 5.69 Å². The van der Waals surface area contributed by atoms with Gasteiger partial charge in [-0.2, -0.15) is 16.9 Å². The number of thioether (sulfide) groups is 1. The second-order valence-corrected chi connectivity index (χ2v) is 4.92. The molecule has 3 nitrogen and oxygen atoms in total. The average Bonchev–Trinajstić information content (AvgIpc) is 2.38. The summed E-state index contributed by atoms with van der Waals surface area (Å²) < 4.78 is 3.04. The minimum absolute atomic E-state index is 0.873. The third-order valence-electron chi connectivity index (χ3n) is 2.04. The van der Waals surface area contributed by atoms with Crippen molar-refractivity contribution in [3.8, 4) is 0 Å². The Bertz CT molecular complexity index is 298. The molecule has 0 aliphatic rings. The molecular weight excluding hydrogens is 262 g/mol. The molecule has 1 rings (SSSR count). The van der Waals surface area contributed by atoms with Crippen LogP contribution in [0.5, 0.6) is 0 Å². The molecule has 0 atom stereocenters. The first-order chi connectivity index (χ1) is 6.66. The Labute approximate surface area is 97.8 Å². The van der Waals surface area contributed by atoms with E-state index in [1.807, 2.05) is 30.4 Å². The van der Waals surface area contributed by atoms with Crippen LogP contribution in [-0.4, -0.2) is 28.3 Å². The Balaban J connectivity index is 2.49. The quantitative estimate of drug-likeness (QED) is 0.835. The second-order valence-electron chi connectivity index (χ2n) is 3.14. The van der Waals surface area contributed by atoms with Gasteiger partial charge in [-0.05, 0) is 29.1 Å². The number of aryl methyl sites for hydroxylation is 2. The van der Waals surface area contributed by atoms with Crippen molar-refractivity contribution in [3.63, 3.8) is 0 Å². The van der Waals surface area contributed by atoms with Crippen LogP contribution in [-0.2, 0) is 13.6 Å². The van der Waals surface area contributed by atoms with Gasteiger partial charge in [0.25, 0.3) is 0 Å². The molecule has 0 saturated heterocycles. The molecule has 1 aromatic rings. The van der Waals surface area contributed by atoms with Crippen molar-refractivity contribution in [1.29, 1.82) is 0 Å². The normalized spacial score (nSPS) is 10.9. The van der Waals surface area contributed by atoms with Gasteiger partial charge in [-0.15, -0.1) is 0 Å². The molecule has 14 heavy (non-hydrogen) atoms. The van der Waals surface area contributed by atoms with E-state index in [2.05, 4.69) is 32.6 Å². The summed E-state index contributed by atoms with van der Waals surface area (Å²) in [5.74, 6) is 1.15. The van der Waals surface area contributed by atoms with E-state index in [1.54, 1.807) is 0 Å². The second kappa shape index (κ2) is 5.78. The fourth-order valence-corrected chi connectivity index (χ4v) is 2.08. The van der Waals surface area contributed by atoms with Gasteiger partial charge < -0.3 is 5.32 Å². The summed E-state index contributed by atoms with van der Waals surface area (Å²) in [6.07, 6.45) is 2.12. The van der Waals surface area contributed by atoms with Crippen molar-refractivity contribution in [2.75, 3.05) is 18.6 Å². The monoisotopic (exact) mass is 277 g/mol. The lowest BCUT2D eigenvalue weighted by Crippen LogP contribution is -2.18. The van der Waals surface area contributed by atoms with Crippen LogP contribution in [0, 0.1) is 6.92 Å². The highest BCUT2D eigenvalue weighted by atomic mass is 79.9. The molecule has 5 heteroatoms. The molecule has 0 aliphatic heterocycles. The topological polar surface area (TPSA) is 29.9 Å². The Morgan fingerprint density at radius 1 is 1.57 bits per heavy atom. The number of nitrogens with one attached hydrogen (secondary N) is 1. The van der Waals surface area contributed by atoms with Crippen molar-refractivity contribution in [1.82, 2.24) is 15.1 Å². The molecule has 1 heterocycles. The molecule has 80 valence electrons. The van der Waals surface area contributed by atoms with Gasteiger partial charge in [-0.25, -0.2) is 0 Å². The van der Waals surface area contributed by atoms with Gasteiger partial charge >= 0.3 is 0 Å². The molecular formula is C9H16BrN3S. The summed E-state index contributed by atoms with van der Waals surface area (Å²) in [5, 5.41) is 7.72. The Kier molecular flexibility index (Phi) is 4.98. The van der Waals surface area contributed by atoms with Crippen molar-refractivity contribution in [3.05, 3.63) is 15.9 Å². The number of hydrogen-bond donors (Lipinski definition) is 1. The fraction of sp³-hybridized carbons (Fsp3) is 0.667. The molecule has 0 aromatic carbocycles. The Morgan fingerprint density at radius 2 is 2.29 bits per heavy atom. The first-order valence-corrected chi connectivity index (χ1v) is 6.73. The van der Waals surface area contributed by atoms with Crippen LogP contribution in [0.4, 0.5) is 0 Å². The maximum atomic E-state index is 4.33. The molecule has 0 aliphatic carbocycles. The van der Waals surface area contributed by atoms with Crippen molar-refractivity contribution in [2.45, 2.75) is 13.5 Å². The standard InChI is InChI=1S/C9H16BrN3S/c1-7-9(10)8(13(2)12-7)6-11-4-5-14-3/h11H,4-6H2,1-3H3. The summed E-state index contributed by atoms with van der Waals surface area (Å²) >= 11 is 5.40. The van der Waals surface area contributed by atoms with Crippen LogP contribution in [0.15, 0.2) is 4.47 Å². The minimum Gasteiger partial charge on any atom is -0.310 e. The third-order valence-corrected chi connectivity index (χ3v) is 3.68. The van der Waals surface area contributed by atoms with Crippen molar-refractivity contribution in [2.24, 2.45) is 7.05 Å². The summed E-state index contributed by atoms with van der Waals surface area (Å²) in [5.41, 5.74) is 2.26. The number of aromatic nitrogens is 2. The lowest BCUT2D eigenvalue weighted by Gasteiger charge is -2.04. The lowest BCUT2D eigenvalue weighted by molar-refractivity contribution is 0.641. The maximum absolute atomic E-state index is 4.33. The maximum Gasteiger partial charge on any atom is 0.0739 e. The Hall–Kier alpha value is 0. The zero-order chi connectivity index (χ0) is 10.6. The minimum atomic E-state index is 0.873. The lowest BCUT2D eigenvalue weighted by atomic mass is 10.3. The number of halogens is 1. The summed E-state index contributed by atoms with van der Waals surface area (Å²) in [6, 6.07) is 0. The molecule has 0 bridgehead atoms. The predicted molar refractivity (Wildman–Crippen MR) is 65.7 cm³/mol. The van der Waals surface area contributed by atoms with Gasteiger partial charge in [-0.3, -0.25) is 4.68 Å². The molecule has 1 aromatic heterocycles. The van der Waals surface area contributed by atoms with Gasteiger partial charge in [0.05, 0.1) is 15.9 Å². The average molecular weight is 278 g/mol. The van der Waals surface area contributed by atoms with Crippen LogP contribution in [0.2, 0.25) is 0 Å². The molecule has 0 fully saturated rings. The predicted octanol–water partition coefficient (Wildman–Crippen LogP) is 1.94. The van der Waals surface area contributed by atoms with E-state index in [4.69, 9.17) is 0 Å². The zero-order valence-corrected chi connectivity index (χ0v) is 11.2. The molecule has 0 spiro atoms. The molecule has 0 radical (unpaired) electrons. The smallest absolute Gasteiger partial charge is 0.0739 e. The van der Waals surface area contributed by atoms with Crippen LogP contribution < -0.4 is 5.32 Å². The van der Waals surface area contributed by atoms with Crippen molar-refractivity contribution < 1.29 is 0 Å². The SMILES string of the molecule is CSCCNCc1c(Br)c(C)nn1C. The number of hydrogen-bond acceptors (Lipinski definition) is 3. The van der Waals surface area contributed by atoms with E-state index in [9.17, 15) is 0 Å². The first kappa shape index (κ1) is 12.1.